The van der Waals surface area contributed by atoms with E-state index in [9.17, 15) is 23.6 Å². The Kier molecular flexibility index (Phi) is 10.7. The van der Waals surface area contributed by atoms with Crippen LogP contribution in [0.1, 0.15) is 87.1 Å². The largest absolute Gasteiger partial charge is 0.310 e. The summed E-state index contributed by atoms with van der Waals surface area (Å²) < 4.78 is 14.4. The number of carbonyl (C=O) groups is 4. The van der Waals surface area contributed by atoms with E-state index in [0.717, 1.165) is 35.1 Å². The van der Waals surface area contributed by atoms with Crippen molar-refractivity contribution in [1.82, 2.24) is 19.6 Å². The minimum atomic E-state index is -1.10. The monoisotopic (exact) mass is 862 g/mol. The molecule has 4 aliphatic heterocycles. The summed E-state index contributed by atoms with van der Waals surface area (Å²) in [6.45, 7) is 1.81. The number of halogens is 4. The minimum absolute atomic E-state index is 0.00326. The highest BCUT2D eigenvalue weighted by Gasteiger charge is 2.61. The molecule has 12 heteroatoms. The lowest BCUT2D eigenvalue weighted by atomic mass is 9.85. The highest BCUT2D eigenvalue weighted by Crippen LogP contribution is 2.52. The molecule has 8 nitrogen and oxygen atoms in total. The molecule has 2 atom stereocenters. The quantitative estimate of drug-likeness (QED) is 0.170. The average molecular weight is 864 g/mol. The highest BCUT2D eigenvalue weighted by molar-refractivity contribution is 6.31. The van der Waals surface area contributed by atoms with Crippen LogP contribution in [0.5, 0.6) is 0 Å². The fraction of sp³-hybridized carbons (Fsp3) is 0.292. The zero-order valence-electron chi connectivity index (χ0n) is 32.8. The molecule has 10 rings (SSSR count). The SMILES string of the molecule is O=C(CC1CCCCC1)N1CCN2C(=O)c3ccccc3C12c1ccc(Cl)cc1.O=C(Cc1c(F)cccc1Cl)N1CCN2C(=O)c3ccccc3C12c1ccc(Cl)cc1. The smallest absolute Gasteiger partial charge is 0.256 e. The molecule has 0 aromatic heterocycles. The summed E-state index contributed by atoms with van der Waals surface area (Å²) in [5.41, 5.74) is 2.75. The van der Waals surface area contributed by atoms with E-state index in [0.29, 0.717) is 59.7 Å². The molecule has 4 amide bonds. The molecule has 5 aromatic rings. The number of carbonyl (C=O) groups excluding carboxylic acids is 4. The summed E-state index contributed by atoms with van der Waals surface area (Å²) >= 11 is 18.4. The molecule has 0 bridgehead atoms. The standard InChI is InChI=1S/C24H17Cl2FN2O2.C24H25ClN2O2/c25-16-10-8-15(9-11-16)24-19-5-2-1-4-17(19)23(31)29(24)13-12-28(24)22(30)14-18-20(26)6-3-7-21(18)27;25-19-12-10-18(11-13-19)24-21-9-5-4-8-20(21)23(29)27(24)15-14-26(24)22(28)16-17-6-2-1-3-7-17/h1-11H,12-14H2;4-5,8-13,17H,1-3,6-7,14-16H2. The van der Waals surface area contributed by atoms with Gasteiger partial charge in [-0.15, -0.1) is 0 Å². The zero-order chi connectivity index (χ0) is 41.8. The number of rotatable bonds is 6. The predicted molar refractivity (Wildman–Crippen MR) is 229 cm³/mol. The van der Waals surface area contributed by atoms with Crippen molar-refractivity contribution >= 4 is 58.4 Å². The fourth-order valence-corrected chi connectivity index (χ4v) is 10.7. The predicted octanol–water partition coefficient (Wildman–Crippen LogP) is 9.68. The Morgan fingerprint density at radius 3 is 1.57 bits per heavy atom. The van der Waals surface area contributed by atoms with Gasteiger partial charge in [0.15, 0.2) is 11.3 Å². The molecule has 2 unspecified atom stereocenters. The van der Waals surface area contributed by atoms with Crippen molar-refractivity contribution in [2.45, 2.75) is 56.3 Å². The Bertz CT molecular complexity index is 2490. The van der Waals surface area contributed by atoms with Crippen LogP contribution < -0.4 is 0 Å². The number of fused-ring (bicyclic) bond motifs is 6. The lowest BCUT2D eigenvalue weighted by Gasteiger charge is -2.41. The van der Waals surface area contributed by atoms with Crippen molar-refractivity contribution in [2.75, 3.05) is 26.2 Å². The van der Waals surface area contributed by atoms with Crippen LogP contribution in [0.25, 0.3) is 0 Å². The first-order valence-electron chi connectivity index (χ1n) is 20.5. The van der Waals surface area contributed by atoms with Gasteiger partial charge in [0.05, 0.1) is 6.42 Å². The number of hydrogen-bond donors (Lipinski definition) is 0. The van der Waals surface area contributed by atoms with Gasteiger partial charge in [0.2, 0.25) is 11.8 Å². The van der Waals surface area contributed by atoms with Crippen molar-refractivity contribution in [2.24, 2.45) is 5.92 Å². The van der Waals surface area contributed by atoms with Crippen molar-refractivity contribution in [3.8, 4) is 0 Å². The highest BCUT2D eigenvalue weighted by atomic mass is 35.5. The van der Waals surface area contributed by atoms with Crippen LogP contribution in [-0.4, -0.2) is 69.4 Å². The molecule has 5 aromatic carbocycles. The second-order valence-corrected chi connectivity index (χ2v) is 17.3. The fourth-order valence-electron chi connectivity index (χ4n) is 10.3. The third kappa shape index (κ3) is 6.39. The summed E-state index contributed by atoms with van der Waals surface area (Å²) in [6.07, 6.45) is 6.34. The van der Waals surface area contributed by atoms with Crippen molar-refractivity contribution < 1.29 is 23.6 Å². The van der Waals surface area contributed by atoms with Gasteiger partial charge >= 0.3 is 0 Å². The number of nitrogens with zero attached hydrogens (tertiary/aromatic N) is 4. The van der Waals surface area contributed by atoms with Gasteiger partial charge < -0.3 is 19.6 Å². The molecule has 2 saturated heterocycles. The van der Waals surface area contributed by atoms with E-state index in [4.69, 9.17) is 34.8 Å². The average Bonchev–Trinajstić information content (AvgIpc) is 3.99. The minimum Gasteiger partial charge on any atom is -0.310 e. The Balaban J connectivity index is 0.000000154. The Morgan fingerprint density at radius 2 is 1.07 bits per heavy atom. The van der Waals surface area contributed by atoms with E-state index in [2.05, 4.69) is 0 Å². The molecule has 60 heavy (non-hydrogen) atoms. The van der Waals surface area contributed by atoms with E-state index >= 15 is 0 Å². The Hall–Kier alpha value is -5.22. The molecular weight excluding hydrogens is 822 g/mol. The summed E-state index contributed by atoms with van der Waals surface area (Å²) in [4.78, 5) is 60.8. The maximum absolute atomic E-state index is 14.4. The Morgan fingerprint density at radius 1 is 0.583 bits per heavy atom. The van der Waals surface area contributed by atoms with Crippen LogP contribution in [0, 0.1) is 11.7 Å². The molecule has 0 N–H and O–H groups in total. The normalized spacial score (nSPS) is 21.7. The van der Waals surface area contributed by atoms with Gasteiger partial charge in [0.1, 0.15) is 5.82 Å². The maximum atomic E-state index is 14.4. The molecule has 1 aliphatic carbocycles. The molecule has 0 spiro atoms. The molecule has 306 valence electrons. The third-order valence-electron chi connectivity index (χ3n) is 12.9. The van der Waals surface area contributed by atoms with Gasteiger partial charge in [-0.2, -0.15) is 0 Å². The van der Waals surface area contributed by atoms with Gasteiger partial charge in [-0.1, -0.05) is 121 Å². The topological polar surface area (TPSA) is 81.2 Å². The molecule has 5 aliphatic rings. The van der Waals surface area contributed by atoms with Crippen LogP contribution in [0.15, 0.2) is 115 Å². The van der Waals surface area contributed by atoms with Crippen molar-refractivity contribution in [1.29, 1.82) is 0 Å². The second-order valence-electron chi connectivity index (χ2n) is 16.0. The van der Waals surface area contributed by atoms with Crippen LogP contribution in [0.3, 0.4) is 0 Å². The van der Waals surface area contributed by atoms with Crippen LogP contribution in [0.4, 0.5) is 4.39 Å². The zero-order valence-corrected chi connectivity index (χ0v) is 35.0. The van der Waals surface area contributed by atoms with Crippen LogP contribution >= 0.6 is 34.8 Å². The van der Waals surface area contributed by atoms with E-state index in [1.807, 2.05) is 82.6 Å². The molecule has 1 saturated carbocycles. The maximum Gasteiger partial charge on any atom is 0.256 e. The number of hydrogen-bond acceptors (Lipinski definition) is 4. The van der Waals surface area contributed by atoms with Crippen LogP contribution in [0.2, 0.25) is 15.1 Å². The number of amides is 4. The molecule has 3 fully saturated rings. The first-order valence-corrected chi connectivity index (χ1v) is 21.6. The van der Waals surface area contributed by atoms with E-state index in [1.54, 1.807) is 40.1 Å². The lowest BCUT2D eigenvalue weighted by molar-refractivity contribution is -0.138. The Labute approximate surface area is 363 Å². The first-order chi connectivity index (χ1) is 29.1. The van der Waals surface area contributed by atoms with Gasteiger partial charge in [-0.05, 0) is 67.3 Å². The van der Waals surface area contributed by atoms with Crippen molar-refractivity contribution in [3.63, 3.8) is 0 Å². The van der Waals surface area contributed by atoms with Gasteiger partial charge in [-0.25, -0.2) is 4.39 Å². The molecule has 0 radical (unpaired) electrons. The molecule has 4 heterocycles. The van der Waals surface area contributed by atoms with E-state index in [1.165, 1.54) is 31.4 Å². The lowest BCUT2D eigenvalue weighted by Crippen LogP contribution is -2.52. The third-order valence-corrected chi connectivity index (χ3v) is 13.7. The second kappa shape index (κ2) is 16.0. The van der Waals surface area contributed by atoms with Gasteiger partial charge in [0, 0.05) is 86.6 Å². The van der Waals surface area contributed by atoms with Crippen molar-refractivity contribution in [3.05, 3.63) is 175 Å². The van der Waals surface area contributed by atoms with Gasteiger partial charge in [0.25, 0.3) is 11.8 Å². The first kappa shape index (κ1) is 40.2. The van der Waals surface area contributed by atoms with Gasteiger partial charge in [-0.3, -0.25) is 19.2 Å². The van der Waals surface area contributed by atoms with E-state index in [-0.39, 0.29) is 40.6 Å². The van der Waals surface area contributed by atoms with Crippen LogP contribution in [-0.2, 0) is 27.3 Å². The number of benzene rings is 5. The summed E-state index contributed by atoms with van der Waals surface area (Å²) in [5.74, 6) is -0.360. The summed E-state index contributed by atoms with van der Waals surface area (Å²) in [7, 11) is 0. The summed E-state index contributed by atoms with van der Waals surface area (Å²) in [6, 6.07) is 34.1. The van der Waals surface area contributed by atoms with E-state index < -0.39 is 17.1 Å². The summed E-state index contributed by atoms with van der Waals surface area (Å²) in [5, 5.41) is 1.40. The molecular formula is C48H42Cl3FN4O4.